The molecule has 84 valence electrons. The third-order valence-corrected chi connectivity index (χ3v) is 3.28. The van der Waals surface area contributed by atoms with E-state index in [1.807, 2.05) is 0 Å². The molecule has 1 aliphatic rings. The summed E-state index contributed by atoms with van der Waals surface area (Å²) in [4.78, 5) is 0. The summed E-state index contributed by atoms with van der Waals surface area (Å²) in [6, 6.07) is 0.446. The monoisotopic (exact) mass is 207 g/mol. The molecule has 1 aromatic heterocycles. The molecule has 0 aliphatic heterocycles. The van der Waals surface area contributed by atoms with Gasteiger partial charge in [0.25, 0.3) is 0 Å². The van der Waals surface area contributed by atoms with Crippen LogP contribution in [0.5, 0.6) is 0 Å². The van der Waals surface area contributed by atoms with Crippen molar-refractivity contribution in [1.29, 1.82) is 0 Å². The van der Waals surface area contributed by atoms with Crippen molar-refractivity contribution in [2.45, 2.75) is 58.4 Å². The summed E-state index contributed by atoms with van der Waals surface area (Å²) < 4.78 is 0. The van der Waals surface area contributed by atoms with Crippen LogP contribution in [-0.4, -0.2) is 16.2 Å². The Kier molecular flexibility index (Phi) is 2.72. The minimum atomic E-state index is 0.446. The molecule has 2 rings (SSSR count). The standard InChI is InChI=1S/C12H21N3/c1-7(2)13-12-10-8(3)5-6-9(4)11(10)14-15-12/h7-9H,5-6H2,1-4H3,(H2,13,14,15). The molecule has 0 radical (unpaired) electrons. The Balaban J connectivity index is 2.34. The zero-order chi connectivity index (χ0) is 11.0. The molecule has 3 heteroatoms. The second-order valence-corrected chi connectivity index (χ2v) is 5.08. The van der Waals surface area contributed by atoms with Gasteiger partial charge in [0, 0.05) is 17.3 Å². The van der Waals surface area contributed by atoms with Crippen LogP contribution < -0.4 is 5.32 Å². The Labute approximate surface area is 91.7 Å². The first-order chi connectivity index (χ1) is 7.09. The molecule has 0 fully saturated rings. The normalized spacial score (nSPS) is 25.4. The van der Waals surface area contributed by atoms with E-state index in [2.05, 4.69) is 43.2 Å². The molecule has 0 amide bonds. The van der Waals surface area contributed by atoms with Gasteiger partial charge in [0.05, 0.1) is 0 Å². The number of nitrogens with zero attached hydrogens (tertiary/aromatic N) is 1. The maximum Gasteiger partial charge on any atom is 0.151 e. The molecule has 2 N–H and O–H groups in total. The van der Waals surface area contributed by atoms with E-state index in [1.54, 1.807) is 0 Å². The Hall–Kier alpha value is -0.990. The van der Waals surface area contributed by atoms with Gasteiger partial charge in [0.15, 0.2) is 5.82 Å². The zero-order valence-corrected chi connectivity index (χ0v) is 10.1. The number of H-pyrrole nitrogens is 1. The first kappa shape index (κ1) is 10.5. The highest BCUT2D eigenvalue weighted by Gasteiger charge is 2.27. The van der Waals surface area contributed by atoms with Crippen molar-refractivity contribution in [2.24, 2.45) is 0 Å². The molecule has 0 bridgehead atoms. The molecule has 2 atom stereocenters. The summed E-state index contributed by atoms with van der Waals surface area (Å²) >= 11 is 0. The fourth-order valence-corrected chi connectivity index (χ4v) is 2.41. The van der Waals surface area contributed by atoms with E-state index in [1.165, 1.54) is 24.1 Å². The number of nitrogens with one attached hydrogen (secondary N) is 2. The number of anilines is 1. The van der Waals surface area contributed by atoms with Crippen LogP contribution in [0.4, 0.5) is 5.82 Å². The number of hydrogen-bond donors (Lipinski definition) is 2. The van der Waals surface area contributed by atoms with Crippen molar-refractivity contribution in [1.82, 2.24) is 10.2 Å². The van der Waals surface area contributed by atoms with Gasteiger partial charge in [0.2, 0.25) is 0 Å². The molecule has 0 aromatic carbocycles. The van der Waals surface area contributed by atoms with E-state index < -0.39 is 0 Å². The van der Waals surface area contributed by atoms with Crippen LogP contribution in [0.1, 0.15) is 63.6 Å². The molecule has 1 aliphatic carbocycles. The quantitative estimate of drug-likeness (QED) is 0.781. The van der Waals surface area contributed by atoms with Crippen molar-refractivity contribution >= 4 is 5.82 Å². The minimum absolute atomic E-state index is 0.446. The van der Waals surface area contributed by atoms with Gasteiger partial charge in [-0.15, -0.1) is 0 Å². The summed E-state index contributed by atoms with van der Waals surface area (Å²) in [7, 11) is 0. The lowest BCUT2D eigenvalue weighted by Crippen LogP contribution is -2.15. The second kappa shape index (κ2) is 3.87. The SMILES string of the molecule is CC(C)Nc1n[nH]c2c1C(C)CCC2C. The average molecular weight is 207 g/mol. The topological polar surface area (TPSA) is 40.7 Å². The summed E-state index contributed by atoms with van der Waals surface area (Å²) in [6.45, 7) is 8.88. The molecular formula is C12H21N3. The number of rotatable bonds is 2. The zero-order valence-electron chi connectivity index (χ0n) is 10.1. The molecule has 15 heavy (non-hydrogen) atoms. The van der Waals surface area contributed by atoms with E-state index >= 15 is 0 Å². The van der Waals surface area contributed by atoms with E-state index in [0.717, 1.165) is 5.82 Å². The van der Waals surface area contributed by atoms with E-state index in [9.17, 15) is 0 Å². The average Bonchev–Trinajstić information content (AvgIpc) is 2.56. The Bertz CT molecular complexity index is 341. The van der Waals surface area contributed by atoms with E-state index in [-0.39, 0.29) is 0 Å². The molecule has 1 aromatic rings. The lowest BCUT2D eigenvalue weighted by molar-refractivity contribution is 0.520. The predicted molar refractivity (Wildman–Crippen MR) is 63.4 cm³/mol. The lowest BCUT2D eigenvalue weighted by Gasteiger charge is -2.24. The number of aromatic nitrogens is 2. The van der Waals surface area contributed by atoms with Crippen molar-refractivity contribution in [3.8, 4) is 0 Å². The van der Waals surface area contributed by atoms with Crippen LogP contribution in [-0.2, 0) is 0 Å². The first-order valence-electron chi connectivity index (χ1n) is 5.94. The van der Waals surface area contributed by atoms with Gasteiger partial charge < -0.3 is 5.32 Å². The summed E-state index contributed by atoms with van der Waals surface area (Å²) in [5, 5.41) is 11.0. The van der Waals surface area contributed by atoms with Crippen molar-refractivity contribution in [3.63, 3.8) is 0 Å². The second-order valence-electron chi connectivity index (χ2n) is 5.08. The number of aromatic amines is 1. The molecule has 0 saturated heterocycles. The fraction of sp³-hybridized carbons (Fsp3) is 0.750. The summed E-state index contributed by atoms with van der Waals surface area (Å²) in [5.41, 5.74) is 2.76. The summed E-state index contributed by atoms with van der Waals surface area (Å²) in [5.74, 6) is 2.33. The van der Waals surface area contributed by atoms with Crippen LogP contribution in [0.3, 0.4) is 0 Å². The molecule has 1 heterocycles. The number of hydrogen-bond acceptors (Lipinski definition) is 2. The maximum atomic E-state index is 4.40. The van der Waals surface area contributed by atoms with Crippen molar-refractivity contribution < 1.29 is 0 Å². The highest BCUT2D eigenvalue weighted by Crippen LogP contribution is 2.40. The van der Waals surface area contributed by atoms with E-state index in [0.29, 0.717) is 17.9 Å². The fourth-order valence-electron chi connectivity index (χ4n) is 2.41. The third kappa shape index (κ3) is 1.87. The van der Waals surface area contributed by atoms with Crippen LogP contribution >= 0.6 is 0 Å². The Morgan fingerprint density at radius 1 is 1.27 bits per heavy atom. The van der Waals surface area contributed by atoms with Crippen molar-refractivity contribution in [3.05, 3.63) is 11.3 Å². The van der Waals surface area contributed by atoms with Gasteiger partial charge in [-0.25, -0.2) is 0 Å². The minimum Gasteiger partial charge on any atom is -0.366 e. The molecule has 3 nitrogen and oxygen atoms in total. The van der Waals surface area contributed by atoms with Gasteiger partial charge in [-0.05, 0) is 38.5 Å². The predicted octanol–water partition coefficient (Wildman–Crippen LogP) is 3.23. The molecular weight excluding hydrogens is 186 g/mol. The van der Waals surface area contributed by atoms with E-state index in [4.69, 9.17) is 0 Å². The maximum absolute atomic E-state index is 4.40. The smallest absolute Gasteiger partial charge is 0.151 e. The van der Waals surface area contributed by atoms with Gasteiger partial charge in [-0.3, -0.25) is 5.10 Å². The Morgan fingerprint density at radius 3 is 2.60 bits per heavy atom. The highest BCUT2D eigenvalue weighted by atomic mass is 15.2. The molecule has 2 unspecified atom stereocenters. The lowest BCUT2D eigenvalue weighted by atomic mass is 9.82. The van der Waals surface area contributed by atoms with Crippen LogP contribution in [0.2, 0.25) is 0 Å². The van der Waals surface area contributed by atoms with Crippen LogP contribution in [0.15, 0.2) is 0 Å². The summed E-state index contributed by atoms with van der Waals surface area (Å²) in [6.07, 6.45) is 2.55. The van der Waals surface area contributed by atoms with Gasteiger partial charge >= 0.3 is 0 Å². The van der Waals surface area contributed by atoms with Crippen molar-refractivity contribution in [2.75, 3.05) is 5.32 Å². The molecule has 0 saturated carbocycles. The first-order valence-corrected chi connectivity index (χ1v) is 5.94. The largest absolute Gasteiger partial charge is 0.366 e. The van der Waals surface area contributed by atoms with Crippen LogP contribution in [0, 0.1) is 0 Å². The van der Waals surface area contributed by atoms with Gasteiger partial charge in [0.1, 0.15) is 0 Å². The third-order valence-electron chi connectivity index (χ3n) is 3.28. The highest BCUT2D eigenvalue weighted by molar-refractivity contribution is 5.51. The van der Waals surface area contributed by atoms with Gasteiger partial charge in [-0.1, -0.05) is 13.8 Å². The van der Waals surface area contributed by atoms with Crippen LogP contribution in [0.25, 0.3) is 0 Å². The molecule has 0 spiro atoms. The number of fused-ring (bicyclic) bond motifs is 1. The van der Waals surface area contributed by atoms with Gasteiger partial charge in [-0.2, -0.15) is 5.10 Å². The Morgan fingerprint density at radius 2 is 1.93 bits per heavy atom.